The summed E-state index contributed by atoms with van der Waals surface area (Å²) < 4.78 is 10.4. The van der Waals surface area contributed by atoms with Gasteiger partial charge in [0.15, 0.2) is 5.78 Å². The van der Waals surface area contributed by atoms with Gasteiger partial charge in [0.05, 0.1) is 19.1 Å². The molecular formula is C19H18O6. The van der Waals surface area contributed by atoms with Crippen molar-refractivity contribution in [3.05, 3.63) is 64.7 Å². The zero-order valence-corrected chi connectivity index (χ0v) is 13.9. The average Bonchev–Trinajstić information content (AvgIpc) is 2.58. The minimum Gasteiger partial charge on any atom is -0.489 e. The second-order valence-corrected chi connectivity index (χ2v) is 5.43. The Morgan fingerprint density at radius 1 is 1.00 bits per heavy atom. The Kier molecular flexibility index (Phi) is 5.89. The third kappa shape index (κ3) is 4.91. The van der Waals surface area contributed by atoms with E-state index in [2.05, 4.69) is 0 Å². The summed E-state index contributed by atoms with van der Waals surface area (Å²) in [6, 6.07) is 11.6. The van der Waals surface area contributed by atoms with E-state index in [0.29, 0.717) is 11.3 Å². The number of Topliss-reactive ketones (excluding diaryl/α,β-unsaturated/α-hetero) is 1. The molecule has 2 aromatic carbocycles. The summed E-state index contributed by atoms with van der Waals surface area (Å²) in [4.78, 5) is 34.2. The van der Waals surface area contributed by atoms with E-state index in [4.69, 9.17) is 14.6 Å². The first-order valence-electron chi connectivity index (χ1n) is 7.56. The minimum atomic E-state index is -0.902. The molecule has 0 spiro atoms. The summed E-state index contributed by atoms with van der Waals surface area (Å²) in [5, 5.41) is 8.84. The molecule has 0 aliphatic rings. The molecule has 6 nitrogen and oxygen atoms in total. The van der Waals surface area contributed by atoms with Crippen LogP contribution < -0.4 is 4.74 Å². The summed E-state index contributed by atoms with van der Waals surface area (Å²) in [6.07, 6.45) is -0.0619. The van der Waals surface area contributed by atoms with Crippen LogP contribution in [-0.2, 0) is 22.6 Å². The molecule has 0 atom stereocenters. The highest BCUT2D eigenvalue weighted by molar-refractivity contribution is 6.05. The van der Waals surface area contributed by atoms with E-state index in [1.54, 1.807) is 24.3 Å². The number of ether oxygens (including phenoxy) is 2. The highest BCUT2D eigenvalue weighted by atomic mass is 16.5. The topological polar surface area (TPSA) is 89.9 Å². The van der Waals surface area contributed by atoms with Crippen molar-refractivity contribution in [2.75, 3.05) is 7.11 Å². The molecule has 0 aromatic heterocycles. The molecule has 130 valence electrons. The Hall–Kier alpha value is -3.15. The van der Waals surface area contributed by atoms with Gasteiger partial charge in [0, 0.05) is 5.56 Å². The van der Waals surface area contributed by atoms with E-state index >= 15 is 0 Å². The SMILES string of the molecule is COC(=O)c1cc(OCc2cccc(CC(=O)O)c2)ccc1C(C)=O. The Morgan fingerprint density at radius 3 is 2.36 bits per heavy atom. The largest absolute Gasteiger partial charge is 0.489 e. The van der Waals surface area contributed by atoms with Gasteiger partial charge >= 0.3 is 11.9 Å². The maximum Gasteiger partial charge on any atom is 0.338 e. The van der Waals surface area contributed by atoms with Crippen LogP contribution >= 0.6 is 0 Å². The average molecular weight is 342 g/mol. The fourth-order valence-electron chi connectivity index (χ4n) is 2.37. The summed E-state index contributed by atoms with van der Waals surface area (Å²) in [7, 11) is 1.24. The number of methoxy groups -OCH3 is 1. The number of carboxylic acid groups (broad SMARTS) is 1. The predicted molar refractivity (Wildman–Crippen MR) is 89.9 cm³/mol. The van der Waals surface area contributed by atoms with Crippen LogP contribution in [0.5, 0.6) is 5.75 Å². The van der Waals surface area contributed by atoms with E-state index in [1.807, 2.05) is 6.07 Å². The molecule has 0 heterocycles. The van der Waals surface area contributed by atoms with Gasteiger partial charge in [-0.1, -0.05) is 24.3 Å². The van der Waals surface area contributed by atoms with Crippen LogP contribution in [0.1, 0.15) is 38.8 Å². The number of hydrogen-bond donors (Lipinski definition) is 1. The van der Waals surface area contributed by atoms with Crippen LogP contribution in [0.25, 0.3) is 0 Å². The van der Waals surface area contributed by atoms with Crippen molar-refractivity contribution in [1.82, 2.24) is 0 Å². The molecule has 0 aliphatic heterocycles. The van der Waals surface area contributed by atoms with Crippen molar-refractivity contribution in [2.24, 2.45) is 0 Å². The first-order valence-corrected chi connectivity index (χ1v) is 7.56. The van der Waals surface area contributed by atoms with Crippen molar-refractivity contribution >= 4 is 17.7 Å². The Morgan fingerprint density at radius 2 is 1.72 bits per heavy atom. The Bertz CT molecular complexity index is 809. The highest BCUT2D eigenvalue weighted by Crippen LogP contribution is 2.21. The summed E-state index contributed by atoms with van der Waals surface area (Å²) in [5.41, 5.74) is 1.89. The first kappa shape index (κ1) is 18.2. The van der Waals surface area contributed by atoms with Crippen LogP contribution in [0, 0.1) is 0 Å². The molecule has 2 aromatic rings. The molecule has 0 unspecified atom stereocenters. The van der Waals surface area contributed by atoms with Crippen LogP contribution in [0.3, 0.4) is 0 Å². The van der Waals surface area contributed by atoms with E-state index in [-0.39, 0.29) is 29.9 Å². The zero-order valence-electron chi connectivity index (χ0n) is 13.9. The summed E-state index contributed by atoms with van der Waals surface area (Å²) in [5.74, 6) is -1.35. The molecule has 2 rings (SSSR count). The van der Waals surface area contributed by atoms with E-state index in [0.717, 1.165) is 5.56 Å². The lowest BCUT2D eigenvalue weighted by molar-refractivity contribution is -0.136. The smallest absolute Gasteiger partial charge is 0.338 e. The highest BCUT2D eigenvalue weighted by Gasteiger charge is 2.16. The Balaban J connectivity index is 2.17. The number of aliphatic carboxylic acids is 1. The fourth-order valence-corrected chi connectivity index (χ4v) is 2.37. The maximum atomic E-state index is 11.8. The Labute approximate surface area is 145 Å². The zero-order chi connectivity index (χ0) is 18.4. The number of carbonyl (C=O) groups excluding carboxylic acids is 2. The molecular weight excluding hydrogens is 324 g/mol. The normalized spacial score (nSPS) is 10.2. The van der Waals surface area contributed by atoms with Crippen molar-refractivity contribution < 1.29 is 29.0 Å². The van der Waals surface area contributed by atoms with E-state index in [1.165, 1.54) is 26.2 Å². The molecule has 6 heteroatoms. The second-order valence-electron chi connectivity index (χ2n) is 5.43. The lowest BCUT2D eigenvalue weighted by Gasteiger charge is -2.11. The minimum absolute atomic E-state index is 0.0619. The van der Waals surface area contributed by atoms with Crippen LogP contribution in [0.2, 0.25) is 0 Å². The van der Waals surface area contributed by atoms with E-state index < -0.39 is 11.9 Å². The fraction of sp³-hybridized carbons (Fsp3) is 0.211. The summed E-state index contributed by atoms with van der Waals surface area (Å²) in [6.45, 7) is 1.57. The predicted octanol–water partition coefficient (Wildman–Crippen LogP) is 2.88. The lowest BCUT2D eigenvalue weighted by Crippen LogP contribution is -2.09. The molecule has 0 bridgehead atoms. The lowest BCUT2D eigenvalue weighted by atomic mass is 10.0. The standard InChI is InChI=1S/C19H18O6/c1-12(20)16-7-6-15(10-17(16)19(23)24-2)25-11-14-5-3-4-13(8-14)9-18(21)22/h3-8,10H,9,11H2,1-2H3,(H,21,22). The van der Waals surface area contributed by atoms with Crippen molar-refractivity contribution in [3.63, 3.8) is 0 Å². The molecule has 1 N–H and O–H groups in total. The van der Waals surface area contributed by atoms with Gasteiger partial charge < -0.3 is 14.6 Å². The van der Waals surface area contributed by atoms with Gasteiger partial charge in [0.1, 0.15) is 12.4 Å². The molecule has 0 fully saturated rings. The molecule has 0 radical (unpaired) electrons. The molecule has 0 saturated heterocycles. The molecule has 0 amide bonds. The van der Waals surface area contributed by atoms with Gasteiger partial charge in [-0.25, -0.2) is 4.79 Å². The van der Waals surface area contributed by atoms with Gasteiger partial charge in [0.2, 0.25) is 0 Å². The van der Waals surface area contributed by atoms with Crippen molar-refractivity contribution in [1.29, 1.82) is 0 Å². The van der Waals surface area contributed by atoms with Crippen LogP contribution in [0.4, 0.5) is 0 Å². The van der Waals surface area contributed by atoms with Gasteiger partial charge in [-0.15, -0.1) is 0 Å². The first-order chi connectivity index (χ1) is 11.9. The number of carbonyl (C=O) groups is 3. The van der Waals surface area contributed by atoms with Gasteiger partial charge in [-0.2, -0.15) is 0 Å². The number of rotatable bonds is 7. The van der Waals surface area contributed by atoms with E-state index in [9.17, 15) is 14.4 Å². The number of esters is 1. The third-order valence-corrected chi connectivity index (χ3v) is 3.53. The van der Waals surface area contributed by atoms with Crippen LogP contribution in [0.15, 0.2) is 42.5 Å². The van der Waals surface area contributed by atoms with Gasteiger partial charge in [0.25, 0.3) is 0 Å². The quantitative estimate of drug-likeness (QED) is 0.615. The number of carboxylic acids is 1. The third-order valence-electron chi connectivity index (χ3n) is 3.53. The number of hydrogen-bond acceptors (Lipinski definition) is 5. The van der Waals surface area contributed by atoms with Crippen molar-refractivity contribution in [2.45, 2.75) is 20.0 Å². The monoisotopic (exact) mass is 342 g/mol. The molecule has 0 saturated carbocycles. The maximum absolute atomic E-state index is 11.8. The molecule has 0 aliphatic carbocycles. The van der Waals surface area contributed by atoms with Gasteiger partial charge in [-0.3, -0.25) is 9.59 Å². The second kappa shape index (κ2) is 8.10. The van der Waals surface area contributed by atoms with Crippen molar-refractivity contribution in [3.8, 4) is 5.75 Å². The van der Waals surface area contributed by atoms with Gasteiger partial charge in [-0.05, 0) is 36.2 Å². The van der Waals surface area contributed by atoms with Crippen LogP contribution in [-0.4, -0.2) is 29.9 Å². The molecule has 25 heavy (non-hydrogen) atoms. The number of benzene rings is 2. The summed E-state index contributed by atoms with van der Waals surface area (Å²) >= 11 is 0. The number of ketones is 1.